The van der Waals surface area contributed by atoms with Gasteiger partial charge in [0.15, 0.2) is 4.96 Å². The smallest absolute Gasteiger partial charge is 0.193 e. The Morgan fingerprint density at radius 2 is 2.38 bits per heavy atom. The van der Waals surface area contributed by atoms with E-state index in [0.717, 1.165) is 17.2 Å². The lowest BCUT2D eigenvalue weighted by molar-refractivity contribution is -0.118. The molecule has 0 bridgehead atoms. The highest BCUT2D eigenvalue weighted by Gasteiger charge is 2.08. The summed E-state index contributed by atoms with van der Waals surface area (Å²) in [6, 6.07) is 0. The Morgan fingerprint density at radius 3 is 3.06 bits per heavy atom. The Bertz CT molecular complexity index is 458. The lowest BCUT2D eigenvalue weighted by atomic mass is 10.2. The second kappa shape index (κ2) is 4.76. The van der Waals surface area contributed by atoms with Crippen LogP contribution in [-0.4, -0.2) is 40.7 Å². The normalized spacial score (nSPS) is 11.4. The van der Waals surface area contributed by atoms with Gasteiger partial charge in [-0.15, -0.1) is 11.3 Å². The number of thiazole rings is 1. The third-order valence-corrected chi connectivity index (χ3v) is 3.13. The molecule has 0 aliphatic heterocycles. The first-order valence-corrected chi connectivity index (χ1v) is 6.10. The van der Waals surface area contributed by atoms with Crippen LogP contribution in [0.3, 0.4) is 0 Å². The monoisotopic (exact) mass is 237 g/mol. The molecule has 0 atom stereocenters. The summed E-state index contributed by atoms with van der Waals surface area (Å²) in [5, 5.41) is 1.99. The number of ketones is 1. The average molecular weight is 237 g/mol. The lowest BCUT2D eigenvalue weighted by Crippen LogP contribution is -2.17. The number of hydrogen-bond acceptors (Lipinski definition) is 4. The van der Waals surface area contributed by atoms with Crippen molar-refractivity contribution in [3.8, 4) is 0 Å². The van der Waals surface area contributed by atoms with E-state index in [1.165, 1.54) is 0 Å². The van der Waals surface area contributed by atoms with Gasteiger partial charge in [0.25, 0.3) is 0 Å². The van der Waals surface area contributed by atoms with E-state index in [0.29, 0.717) is 12.8 Å². The number of fused-ring (bicyclic) bond motifs is 1. The molecule has 0 spiro atoms. The van der Waals surface area contributed by atoms with Gasteiger partial charge < -0.3 is 4.90 Å². The highest BCUT2D eigenvalue weighted by molar-refractivity contribution is 7.15. The van der Waals surface area contributed by atoms with E-state index in [1.54, 1.807) is 11.3 Å². The number of hydrogen-bond donors (Lipinski definition) is 0. The molecule has 0 radical (unpaired) electrons. The predicted octanol–water partition coefficient (Wildman–Crippen LogP) is 1.46. The summed E-state index contributed by atoms with van der Waals surface area (Å²) >= 11 is 1.59. The maximum absolute atomic E-state index is 11.6. The quantitative estimate of drug-likeness (QED) is 0.790. The number of aromatic nitrogens is 2. The minimum atomic E-state index is 0.249. The van der Waals surface area contributed by atoms with Crippen molar-refractivity contribution in [2.24, 2.45) is 0 Å². The highest BCUT2D eigenvalue weighted by atomic mass is 32.1. The van der Waals surface area contributed by atoms with Crippen LogP contribution < -0.4 is 0 Å². The van der Waals surface area contributed by atoms with Gasteiger partial charge in [-0.1, -0.05) is 0 Å². The first-order valence-electron chi connectivity index (χ1n) is 5.22. The molecule has 2 heterocycles. The fourth-order valence-corrected chi connectivity index (χ4v) is 2.22. The molecule has 5 heteroatoms. The average Bonchev–Trinajstić information content (AvgIpc) is 2.74. The van der Waals surface area contributed by atoms with Crippen LogP contribution >= 0.6 is 11.3 Å². The summed E-state index contributed by atoms with van der Waals surface area (Å²) in [6.07, 6.45) is 4.93. The molecule has 0 saturated carbocycles. The molecule has 0 aromatic carbocycles. The van der Waals surface area contributed by atoms with E-state index in [-0.39, 0.29) is 5.78 Å². The van der Waals surface area contributed by atoms with Crippen molar-refractivity contribution in [1.29, 1.82) is 0 Å². The Kier molecular flexibility index (Phi) is 3.36. The number of carbonyl (C=O) groups excluding carboxylic acids is 1. The second-order valence-corrected chi connectivity index (χ2v) is 4.97. The number of Topliss-reactive ketones (excluding diaryl/α,β-unsaturated/α-hetero) is 1. The number of nitrogens with zero attached hydrogens (tertiary/aromatic N) is 3. The summed E-state index contributed by atoms with van der Waals surface area (Å²) in [4.78, 5) is 19.0. The summed E-state index contributed by atoms with van der Waals surface area (Å²) in [7, 11) is 3.94. The SMILES string of the molecule is CN(C)CCC(=O)Cc1cn2ccsc2n1. The van der Waals surface area contributed by atoms with Crippen LogP contribution in [0.5, 0.6) is 0 Å². The molecule has 86 valence electrons. The molecule has 2 aromatic heterocycles. The van der Waals surface area contributed by atoms with Crippen molar-refractivity contribution >= 4 is 22.1 Å². The molecular formula is C11H15N3OS. The largest absolute Gasteiger partial charge is 0.309 e. The standard InChI is InChI=1S/C11H15N3OS/c1-13(2)4-3-10(15)7-9-8-14-5-6-16-11(14)12-9/h5-6,8H,3-4,7H2,1-2H3. The fraction of sp³-hybridized carbons (Fsp3) is 0.455. The van der Waals surface area contributed by atoms with Crippen LogP contribution in [0.1, 0.15) is 12.1 Å². The molecule has 2 aromatic rings. The van der Waals surface area contributed by atoms with Gasteiger partial charge in [-0.2, -0.15) is 0 Å². The Hall–Kier alpha value is -1.20. The molecule has 0 saturated heterocycles. The molecule has 0 N–H and O–H groups in total. The van der Waals surface area contributed by atoms with Crippen molar-refractivity contribution < 1.29 is 4.79 Å². The molecule has 0 aliphatic carbocycles. The zero-order chi connectivity index (χ0) is 11.5. The van der Waals surface area contributed by atoms with Gasteiger partial charge >= 0.3 is 0 Å². The highest BCUT2D eigenvalue weighted by Crippen LogP contribution is 2.12. The maximum atomic E-state index is 11.6. The number of imidazole rings is 1. The molecule has 0 aliphatic rings. The van der Waals surface area contributed by atoms with Crippen LogP contribution in [0.15, 0.2) is 17.8 Å². The van der Waals surface area contributed by atoms with Gasteiger partial charge in [0.2, 0.25) is 0 Å². The molecule has 0 unspecified atom stereocenters. The first kappa shape index (κ1) is 11.3. The second-order valence-electron chi connectivity index (χ2n) is 4.09. The van der Waals surface area contributed by atoms with E-state index in [4.69, 9.17) is 0 Å². The Morgan fingerprint density at radius 1 is 1.56 bits per heavy atom. The lowest BCUT2D eigenvalue weighted by Gasteiger charge is -2.07. The van der Waals surface area contributed by atoms with Gasteiger partial charge in [-0.25, -0.2) is 4.98 Å². The Labute approximate surface area is 98.5 Å². The van der Waals surface area contributed by atoms with E-state index in [1.807, 2.05) is 41.2 Å². The van der Waals surface area contributed by atoms with Crippen molar-refractivity contribution in [1.82, 2.24) is 14.3 Å². The van der Waals surface area contributed by atoms with Crippen molar-refractivity contribution in [3.05, 3.63) is 23.5 Å². The zero-order valence-electron chi connectivity index (χ0n) is 9.51. The fourth-order valence-electron chi connectivity index (χ4n) is 1.50. The minimum absolute atomic E-state index is 0.249. The Balaban J connectivity index is 1.94. The number of carbonyl (C=O) groups is 1. The van der Waals surface area contributed by atoms with Gasteiger partial charge in [0.05, 0.1) is 12.1 Å². The third kappa shape index (κ3) is 2.68. The topological polar surface area (TPSA) is 37.6 Å². The van der Waals surface area contributed by atoms with Gasteiger partial charge in [0, 0.05) is 30.7 Å². The van der Waals surface area contributed by atoms with Crippen molar-refractivity contribution in [2.45, 2.75) is 12.8 Å². The van der Waals surface area contributed by atoms with Crippen molar-refractivity contribution in [3.63, 3.8) is 0 Å². The third-order valence-electron chi connectivity index (χ3n) is 2.36. The van der Waals surface area contributed by atoms with Crippen LogP contribution in [0.2, 0.25) is 0 Å². The molecule has 2 rings (SSSR count). The van der Waals surface area contributed by atoms with Crippen molar-refractivity contribution in [2.75, 3.05) is 20.6 Å². The van der Waals surface area contributed by atoms with E-state index >= 15 is 0 Å². The maximum Gasteiger partial charge on any atom is 0.193 e. The summed E-state index contributed by atoms with van der Waals surface area (Å²) < 4.78 is 1.96. The van der Waals surface area contributed by atoms with Crippen LogP contribution in [0.4, 0.5) is 0 Å². The molecule has 16 heavy (non-hydrogen) atoms. The van der Waals surface area contributed by atoms with Gasteiger partial charge in [0.1, 0.15) is 5.78 Å². The predicted molar refractivity (Wildman–Crippen MR) is 65.0 cm³/mol. The van der Waals surface area contributed by atoms with E-state index in [9.17, 15) is 4.79 Å². The van der Waals surface area contributed by atoms with Crippen LogP contribution in [0.25, 0.3) is 4.96 Å². The molecular weight excluding hydrogens is 222 g/mol. The molecule has 0 amide bonds. The van der Waals surface area contributed by atoms with E-state index in [2.05, 4.69) is 4.98 Å². The van der Waals surface area contributed by atoms with E-state index < -0.39 is 0 Å². The van der Waals surface area contributed by atoms with Gasteiger partial charge in [-0.3, -0.25) is 9.20 Å². The molecule has 4 nitrogen and oxygen atoms in total. The minimum Gasteiger partial charge on any atom is -0.309 e. The van der Waals surface area contributed by atoms with Crippen LogP contribution in [-0.2, 0) is 11.2 Å². The van der Waals surface area contributed by atoms with Gasteiger partial charge in [-0.05, 0) is 14.1 Å². The summed E-state index contributed by atoms with van der Waals surface area (Å²) in [5.74, 6) is 0.249. The first-order chi connectivity index (χ1) is 7.65. The summed E-state index contributed by atoms with van der Waals surface area (Å²) in [5.41, 5.74) is 0.871. The van der Waals surface area contributed by atoms with Crippen LogP contribution in [0, 0.1) is 0 Å². The molecule has 0 fully saturated rings. The zero-order valence-corrected chi connectivity index (χ0v) is 10.3. The number of rotatable bonds is 5. The summed E-state index contributed by atoms with van der Waals surface area (Å²) in [6.45, 7) is 0.807.